The van der Waals surface area contributed by atoms with Crippen molar-refractivity contribution in [2.24, 2.45) is 0 Å². The van der Waals surface area contributed by atoms with E-state index in [0.29, 0.717) is 45.4 Å². The molecule has 1 saturated carbocycles. The number of aromatic nitrogens is 2. The van der Waals surface area contributed by atoms with E-state index in [9.17, 15) is 29.7 Å². The van der Waals surface area contributed by atoms with Gasteiger partial charge in [0.15, 0.2) is 5.58 Å². The van der Waals surface area contributed by atoms with Crippen LogP contribution in [-0.4, -0.2) is 68.0 Å². The number of rotatable bonds is 15. The van der Waals surface area contributed by atoms with Gasteiger partial charge in [0.1, 0.15) is 11.9 Å². The average molecular weight is 773 g/mol. The van der Waals surface area contributed by atoms with Crippen molar-refractivity contribution >= 4 is 50.6 Å². The van der Waals surface area contributed by atoms with Gasteiger partial charge in [0.2, 0.25) is 11.2 Å². The molecule has 2 aromatic carbocycles. The van der Waals surface area contributed by atoms with Crippen LogP contribution in [0, 0.1) is 0 Å². The van der Waals surface area contributed by atoms with Crippen LogP contribution in [0.4, 0.5) is 0 Å². The van der Waals surface area contributed by atoms with Crippen LogP contribution in [0.2, 0.25) is 0 Å². The van der Waals surface area contributed by atoms with Crippen LogP contribution >= 0.6 is 22.7 Å². The summed E-state index contributed by atoms with van der Waals surface area (Å²) in [4.78, 5) is 44.0. The smallest absolute Gasteiger partial charge is 0.419 e. The van der Waals surface area contributed by atoms with Crippen molar-refractivity contribution in [2.75, 3.05) is 20.1 Å². The van der Waals surface area contributed by atoms with Crippen LogP contribution in [-0.2, 0) is 28.2 Å². The van der Waals surface area contributed by atoms with Gasteiger partial charge in [-0.05, 0) is 110 Å². The summed E-state index contributed by atoms with van der Waals surface area (Å²) in [5.41, 5.74) is 0.868. The number of phenols is 1. The zero-order valence-corrected chi connectivity index (χ0v) is 31.5. The van der Waals surface area contributed by atoms with Gasteiger partial charge in [-0.15, -0.1) is 22.7 Å². The number of hydrogen-bond donors (Lipinski definition) is 5. The third kappa shape index (κ3) is 7.95. The molecule has 14 heteroatoms. The van der Waals surface area contributed by atoms with Gasteiger partial charge < -0.3 is 39.7 Å². The van der Waals surface area contributed by atoms with Gasteiger partial charge in [0, 0.05) is 37.1 Å². The number of H-pyrrole nitrogens is 1. The Kier molecular flexibility index (Phi) is 11.5. The number of aromatic hydroxyl groups is 1. The maximum absolute atomic E-state index is 13.4. The van der Waals surface area contributed by atoms with Crippen molar-refractivity contribution in [3.63, 3.8) is 0 Å². The Morgan fingerprint density at radius 2 is 1.78 bits per heavy atom. The Bertz CT molecular complexity index is 2270. The number of ether oxygens (including phenoxy) is 1. The van der Waals surface area contributed by atoms with E-state index in [0.717, 1.165) is 56.1 Å². The number of aliphatic hydroxyl groups is 2. The van der Waals surface area contributed by atoms with Crippen molar-refractivity contribution in [2.45, 2.75) is 75.5 Å². The lowest BCUT2D eigenvalue weighted by Crippen LogP contribution is -2.42. The van der Waals surface area contributed by atoms with Gasteiger partial charge in [-0.25, -0.2) is 9.59 Å². The second kappa shape index (κ2) is 16.4. The second-order valence-corrected chi connectivity index (χ2v) is 15.8. The van der Waals surface area contributed by atoms with Crippen LogP contribution in [0.25, 0.3) is 22.0 Å². The molecule has 54 heavy (non-hydrogen) atoms. The minimum Gasteiger partial charge on any atom is -0.506 e. The highest BCUT2D eigenvalue weighted by Gasteiger charge is 2.45. The van der Waals surface area contributed by atoms with Crippen LogP contribution in [0.1, 0.15) is 65.5 Å². The number of nitrogens with one attached hydrogen (secondary N) is 2. The number of fused-ring (bicyclic) bond motifs is 2. The largest absolute Gasteiger partial charge is 0.506 e. The molecule has 1 aliphatic rings. The number of carbonyl (C=O) groups excluding carboxylic acids is 1. The van der Waals surface area contributed by atoms with Crippen molar-refractivity contribution in [3.8, 4) is 5.75 Å². The quantitative estimate of drug-likeness (QED) is 0.0655. The molecule has 5 N–H and O–H groups in total. The molecule has 1 aliphatic carbocycles. The molecule has 6 aromatic rings. The molecule has 0 bridgehead atoms. The Balaban J connectivity index is 0.857. The second-order valence-electron chi connectivity index (χ2n) is 13.9. The summed E-state index contributed by atoms with van der Waals surface area (Å²) >= 11 is 2.68. The summed E-state index contributed by atoms with van der Waals surface area (Å²) in [6.07, 6.45) is 3.83. The van der Waals surface area contributed by atoms with Gasteiger partial charge in [-0.1, -0.05) is 24.3 Å². The molecule has 0 unspecified atom stereocenters. The average Bonchev–Trinajstić information content (AvgIpc) is 3.97. The van der Waals surface area contributed by atoms with E-state index < -0.39 is 23.4 Å². The predicted molar refractivity (Wildman–Crippen MR) is 209 cm³/mol. The Labute approximate surface area is 319 Å². The number of oxazole rings is 1. The zero-order valence-electron chi connectivity index (χ0n) is 29.9. The molecule has 7 rings (SSSR count). The molecule has 284 valence electrons. The number of carbonyl (C=O) groups is 1. The van der Waals surface area contributed by atoms with Gasteiger partial charge in [-0.3, -0.25) is 9.36 Å². The molecule has 1 atom stereocenters. The first kappa shape index (κ1) is 37.7. The number of nitrogens with zero attached hydrogens (tertiary/aromatic N) is 2. The lowest BCUT2D eigenvalue weighted by atomic mass is 9.91. The van der Waals surface area contributed by atoms with Crippen LogP contribution in [0.5, 0.6) is 5.75 Å². The molecule has 0 radical (unpaired) electrons. The molecule has 0 aliphatic heterocycles. The fraction of sp³-hybridized carbons (Fsp3) is 0.375. The number of aliphatic hydroxyl groups excluding tert-OH is 1. The maximum Gasteiger partial charge on any atom is 0.419 e. The minimum atomic E-state index is -1.79. The summed E-state index contributed by atoms with van der Waals surface area (Å²) in [6.45, 7) is 2.06. The SMILES string of the molecule is CN(CCCCn1c(=O)oc2cc(CNC[C@H](O)c3ccc(O)c4[nH]c(=O)ccc34)ccc21)[C@H]1CC[C@H](OC(=O)C(O)(c2cccs2)c2cccs2)CC1. The molecule has 4 heterocycles. The lowest BCUT2D eigenvalue weighted by molar-refractivity contribution is -0.169. The topological polar surface area (TPSA) is 170 Å². The third-order valence-corrected chi connectivity index (χ3v) is 12.4. The van der Waals surface area contributed by atoms with Gasteiger partial charge in [-0.2, -0.15) is 0 Å². The monoisotopic (exact) mass is 772 g/mol. The Morgan fingerprint density at radius 1 is 1.04 bits per heavy atom. The van der Waals surface area contributed by atoms with E-state index >= 15 is 0 Å². The van der Waals surface area contributed by atoms with Crippen LogP contribution in [0.3, 0.4) is 0 Å². The normalized spacial score (nSPS) is 17.0. The third-order valence-electron chi connectivity index (χ3n) is 10.4. The van der Waals surface area contributed by atoms with Gasteiger partial charge >= 0.3 is 11.7 Å². The van der Waals surface area contributed by atoms with Crippen molar-refractivity contribution < 1.29 is 29.3 Å². The summed E-state index contributed by atoms with van der Waals surface area (Å²) in [5, 5.41) is 40.1. The van der Waals surface area contributed by atoms with E-state index in [1.54, 1.807) is 28.8 Å². The maximum atomic E-state index is 13.4. The lowest BCUT2D eigenvalue weighted by Gasteiger charge is -2.35. The fourth-order valence-corrected chi connectivity index (χ4v) is 9.10. The predicted octanol–water partition coefficient (Wildman–Crippen LogP) is 5.59. The zero-order chi connectivity index (χ0) is 37.8. The van der Waals surface area contributed by atoms with E-state index in [-0.39, 0.29) is 29.5 Å². The first-order chi connectivity index (χ1) is 26.1. The number of unbranched alkanes of at least 4 members (excludes halogenated alkanes) is 1. The van der Waals surface area contributed by atoms with Gasteiger partial charge in [0.05, 0.1) is 26.9 Å². The highest BCUT2D eigenvalue weighted by Crippen LogP contribution is 2.38. The number of aromatic amines is 1. The van der Waals surface area contributed by atoms with Crippen LogP contribution in [0.15, 0.2) is 91.5 Å². The summed E-state index contributed by atoms with van der Waals surface area (Å²) < 4.78 is 13.2. The van der Waals surface area contributed by atoms with Crippen molar-refractivity contribution in [1.82, 2.24) is 19.8 Å². The van der Waals surface area contributed by atoms with E-state index in [1.165, 1.54) is 34.8 Å². The number of pyridine rings is 1. The molecule has 1 fully saturated rings. The first-order valence-electron chi connectivity index (χ1n) is 18.2. The molecule has 4 aromatic heterocycles. The molecular weight excluding hydrogens is 729 g/mol. The fourth-order valence-electron chi connectivity index (χ4n) is 7.39. The molecular formula is C40H44N4O8S2. The Hall–Kier alpha value is -4.57. The minimum absolute atomic E-state index is 0.0620. The standard InChI is InChI=1S/C40H44N4O8S2/c1-43(26-9-11-27(12-10-26)51-38(48)40(50,34-6-4-20-53-34)35-7-5-21-54-35)18-2-3-19-44-30-15-8-25(22-33(30)52-39(44)49)23-41-24-32(46)28-13-16-31(45)37-29(28)14-17-36(47)42-37/h4-8,13-17,20-22,26-27,32,41,45-46,50H,2-3,9-12,18-19,23-24H2,1H3,(H,42,47)/t26-,27-,32-/m0/s1. The molecule has 0 saturated heterocycles. The van der Waals surface area contributed by atoms with Crippen molar-refractivity contribution in [3.05, 3.63) is 119 Å². The highest BCUT2D eigenvalue weighted by molar-refractivity contribution is 7.12. The number of aryl methyl sites for hydroxylation is 1. The van der Waals surface area contributed by atoms with Crippen LogP contribution < -0.4 is 16.6 Å². The Morgan fingerprint density at radius 3 is 2.48 bits per heavy atom. The molecule has 0 amide bonds. The number of benzene rings is 2. The summed E-state index contributed by atoms with van der Waals surface area (Å²) in [5.74, 6) is -1.07. The number of esters is 1. The number of thiophene rings is 2. The van der Waals surface area contributed by atoms with Gasteiger partial charge in [0.25, 0.3) is 0 Å². The first-order valence-corrected chi connectivity index (χ1v) is 20.0. The highest BCUT2D eigenvalue weighted by atomic mass is 32.1. The summed E-state index contributed by atoms with van der Waals surface area (Å²) in [7, 11) is 2.12. The van der Waals surface area contributed by atoms with E-state index in [4.69, 9.17) is 9.15 Å². The number of phenolic OH excluding ortho intramolecular Hbond substituents is 1. The molecule has 12 nitrogen and oxygen atoms in total. The van der Waals surface area contributed by atoms with E-state index in [2.05, 4.69) is 22.2 Å². The van der Waals surface area contributed by atoms with Crippen molar-refractivity contribution in [1.29, 1.82) is 0 Å². The molecule has 0 spiro atoms. The van der Waals surface area contributed by atoms with E-state index in [1.807, 2.05) is 41.1 Å². The summed E-state index contributed by atoms with van der Waals surface area (Å²) in [6, 6.07) is 19.2. The number of hydrogen-bond acceptors (Lipinski definition) is 12.